The van der Waals surface area contributed by atoms with Gasteiger partial charge in [0.1, 0.15) is 0 Å². The van der Waals surface area contributed by atoms with Gasteiger partial charge in [-0.1, -0.05) is 60.7 Å². The Morgan fingerprint density at radius 1 is 0.462 bits per heavy atom. The second-order valence-electron chi connectivity index (χ2n) is 2.73. The van der Waals surface area contributed by atoms with Gasteiger partial charge in [0.15, 0.2) is 0 Å². The third kappa shape index (κ3) is 2.59. The summed E-state index contributed by atoms with van der Waals surface area (Å²) in [7, 11) is 0. The van der Waals surface area contributed by atoms with E-state index in [2.05, 4.69) is 48.5 Å². The zero-order valence-electron chi connectivity index (χ0n) is 6.77. The van der Waals surface area contributed by atoms with Crippen molar-refractivity contribution in [1.82, 2.24) is 0 Å². The molecule has 0 aliphatic rings. The minimum absolute atomic E-state index is 0. The Labute approximate surface area is 95.6 Å². The van der Waals surface area contributed by atoms with Crippen LogP contribution in [0.25, 0.3) is 11.1 Å². The van der Waals surface area contributed by atoms with E-state index in [9.17, 15) is 0 Å². The molecule has 0 atom stereocenters. The van der Waals surface area contributed by atoms with E-state index in [4.69, 9.17) is 0 Å². The van der Waals surface area contributed by atoms with Crippen molar-refractivity contribution in [3.63, 3.8) is 0 Å². The summed E-state index contributed by atoms with van der Waals surface area (Å²) in [5.74, 6) is 0. The molecule has 2 rings (SSSR count). The Bertz CT molecular complexity index is 303. The van der Waals surface area contributed by atoms with Crippen LogP contribution in [0.5, 0.6) is 0 Å². The number of hydrogen-bond donors (Lipinski definition) is 0. The second-order valence-corrected chi connectivity index (χ2v) is 2.73. The Hall–Kier alpha value is -0.761. The minimum atomic E-state index is 0. The number of rotatable bonds is 1. The van der Waals surface area contributed by atoms with Crippen molar-refractivity contribution in [2.24, 2.45) is 0 Å². The summed E-state index contributed by atoms with van der Waals surface area (Å²) in [6.45, 7) is 0. The van der Waals surface area contributed by atoms with E-state index in [1.54, 1.807) is 0 Å². The van der Waals surface area contributed by atoms with E-state index >= 15 is 0 Å². The summed E-state index contributed by atoms with van der Waals surface area (Å²) < 4.78 is 0. The Kier molecular flexibility index (Phi) is 4.03. The molecule has 2 aromatic carbocycles. The maximum Gasteiger partial charge on any atom is -0.0184 e. The average Bonchev–Trinajstić information content (AvgIpc) is 2.21. The van der Waals surface area contributed by atoms with Gasteiger partial charge < -0.3 is 0 Å². The standard InChI is InChI=1S/C12H10.Sn.4H/c1-3-7-11(8-4-1)12-9-5-2-6-10-12;;;;;/h1-10H;;;;;. The molecule has 0 nitrogen and oxygen atoms in total. The van der Waals surface area contributed by atoms with Crippen LogP contribution in [-0.4, -0.2) is 23.9 Å². The van der Waals surface area contributed by atoms with E-state index in [0.717, 1.165) is 0 Å². The van der Waals surface area contributed by atoms with Gasteiger partial charge in [-0.05, 0) is 11.1 Å². The third-order valence-electron chi connectivity index (χ3n) is 1.88. The van der Waals surface area contributed by atoms with Crippen molar-refractivity contribution in [3.05, 3.63) is 60.7 Å². The monoisotopic (exact) mass is 278 g/mol. The van der Waals surface area contributed by atoms with Gasteiger partial charge in [0.2, 0.25) is 0 Å². The fourth-order valence-corrected chi connectivity index (χ4v) is 1.26. The zero-order valence-corrected chi connectivity index (χ0v) is 6.77. The molecule has 0 aliphatic carbocycles. The summed E-state index contributed by atoms with van der Waals surface area (Å²) in [6.07, 6.45) is 0. The van der Waals surface area contributed by atoms with Gasteiger partial charge in [0.25, 0.3) is 0 Å². The van der Waals surface area contributed by atoms with E-state index in [-0.39, 0.29) is 23.9 Å². The minimum Gasteiger partial charge on any atom is -0.0622 e. The van der Waals surface area contributed by atoms with Gasteiger partial charge in [0.05, 0.1) is 0 Å². The van der Waals surface area contributed by atoms with E-state index in [1.165, 1.54) is 11.1 Å². The van der Waals surface area contributed by atoms with Crippen molar-refractivity contribution >= 4 is 23.9 Å². The number of benzene rings is 2. The van der Waals surface area contributed by atoms with Crippen LogP contribution >= 0.6 is 0 Å². The summed E-state index contributed by atoms with van der Waals surface area (Å²) in [4.78, 5) is 0. The SMILES string of the molecule is [SnH4].c1ccc(-c2ccccc2)cc1. The molecule has 13 heavy (non-hydrogen) atoms. The topological polar surface area (TPSA) is 0 Å². The fraction of sp³-hybridized carbons (Fsp3) is 0. The van der Waals surface area contributed by atoms with Crippen LogP contribution < -0.4 is 0 Å². The molecule has 0 saturated heterocycles. The molecule has 0 N–H and O–H groups in total. The quantitative estimate of drug-likeness (QED) is 0.698. The van der Waals surface area contributed by atoms with Gasteiger partial charge in [0, 0.05) is 0 Å². The maximum absolute atomic E-state index is 2.12. The second kappa shape index (κ2) is 5.07. The Balaban J connectivity index is 0.000000845. The summed E-state index contributed by atoms with van der Waals surface area (Å²) in [5.41, 5.74) is 2.55. The third-order valence-corrected chi connectivity index (χ3v) is 1.88. The van der Waals surface area contributed by atoms with Gasteiger partial charge >= 0.3 is 23.9 Å². The molecule has 0 amide bonds. The molecule has 0 spiro atoms. The predicted octanol–water partition coefficient (Wildman–Crippen LogP) is 1.90. The first-order valence-electron chi connectivity index (χ1n) is 4.07. The van der Waals surface area contributed by atoms with Gasteiger partial charge in [-0.2, -0.15) is 0 Å². The summed E-state index contributed by atoms with van der Waals surface area (Å²) in [6, 6.07) is 20.8. The van der Waals surface area contributed by atoms with Gasteiger partial charge in [-0.15, -0.1) is 0 Å². The van der Waals surface area contributed by atoms with Crippen LogP contribution in [0.3, 0.4) is 0 Å². The van der Waals surface area contributed by atoms with Crippen LogP contribution in [0, 0.1) is 0 Å². The molecule has 0 radical (unpaired) electrons. The molecule has 0 aromatic heterocycles. The molecule has 0 heterocycles. The molecular weight excluding hydrogens is 263 g/mol. The first-order valence-corrected chi connectivity index (χ1v) is 4.07. The van der Waals surface area contributed by atoms with Crippen molar-refractivity contribution in [3.8, 4) is 11.1 Å². The van der Waals surface area contributed by atoms with Crippen LogP contribution in [-0.2, 0) is 0 Å². The Morgan fingerprint density at radius 2 is 0.769 bits per heavy atom. The molecule has 0 fully saturated rings. The smallest absolute Gasteiger partial charge is 0.0184 e. The maximum atomic E-state index is 2.12. The van der Waals surface area contributed by atoms with Crippen molar-refractivity contribution in [2.75, 3.05) is 0 Å². The zero-order chi connectivity index (χ0) is 8.23. The fourth-order valence-electron chi connectivity index (χ4n) is 1.26. The summed E-state index contributed by atoms with van der Waals surface area (Å²) >= 11 is 0. The normalized spacial score (nSPS) is 8.92. The van der Waals surface area contributed by atoms with Crippen LogP contribution in [0.15, 0.2) is 60.7 Å². The summed E-state index contributed by atoms with van der Waals surface area (Å²) in [5, 5.41) is 0. The van der Waals surface area contributed by atoms with Crippen LogP contribution in [0.2, 0.25) is 0 Å². The van der Waals surface area contributed by atoms with Crippen LogP contribution in [0.1, 0.15) is 0 Å². The molecule has 1 heteroatoms. The molecule has 0 aliphatic heterocycles. The molecule has 0 bridgehead atoms. The van der Waals surface area contributed by atoms with E-state index in [0.29, 0.717) is 0 Å². The molecule has 2 aromatic rings. The first-order chi connectivity index (χ1) is 5.97. The van der Waals surface area contributed by atoms with Gasteiger partial charge in [-0.3, -0.25) is 0 Å². The first kappa shape index (κ1) is 10.3. The van der Waals surface area contributed by atoms with Crippen molar-refractivity contribution < 1.29 is 0 Å². The van der Waals surface area contributed by atoms with Crippen LogP contribution in [0.4, 0.5) is 0 Å². The molecular formula is C12H14Sn. The van der Waals surface area contributed by atoms with E-state index in [1.807, 2.05) is 12.1 Å². The largest absolute Gasteiger partial charge is 0.0622 e. The van der Waals surface area contributed by atoms with Crippen molar-refractivity contribution in [2.45, 2.75) is 0 Å². The number of hydrogen-bond acceptors (Lipinski definition) is 0. The van der Waals surface area contributed by atoms with Crippen molar-refractivity contribution in [1.29, 1.82) is 0 Å². The predicted molar refractivity (Wildman–Crippen MR) is 63.2 cm³/mol. The average molecular weight is 277 g/mol. The molecule has 0 saturated carbocycles. The van der Waals surface area contributed by atoms with E-state index < -0.39 is 0 Å². The molecule has 66 valence electrons. The molecule has 0 unspecified atom stereocenters. The Morgan fingerprint density at radius 3 is 1.08 bits per heavy atom. The van der Waals surface area contributed by atoms with Gasteiger partial charge in [-0.25, -0.2) is 0 Å².